The lowest BCUT2D eigenvalue weighted by atomic mass is 10.2. The maximum absolute atomic E-state index is 3.71. The average Bonchev–Trinajstić information content (AvgIpc) is 2.09. The zero-order valence-electron chi connectivity index (χ0n) is 7.42. The molecule has 64 valence electrons. The second kappa shape index (κ2) is 5.04. The minimum Gasteiger partial charge on any atom is -0.126 e. The molecule has 0 fully saturated rings. The lowest BCUT2D eigenvalue weighted by Crippen LogP contribution is -1.79. The van der Waals surface area contributed by atoms with Gasteiger partial charge in [0.25, 0.3) is 0 Å². The molecule has 0 aromatic heterocycles. The molecule has 12 heavy (non-hydrogen) atoms. The third-order valence-electron chi connectivity index (χ3n) is 1.61. The first-order valence-electron chi connectivity index (χ1n) is 4.19. The van der Waals surface area contributed by atoms with Gasteiger partial charge in [-0.05, 0) is 29.9 Å². The smallest absolute Gasteiger partial charge is 0.00720 e. The lowest BCUT2D eigenvalue weighted by molar-refractivity contribution is 1.25. The molecule has 0 unspecified atom stereocenters. The number of rotatable bonds is 4. The fourth-order valence-corrected chi connectivity index (χ4v) is 1.72. The predicted molar refractivity (Wildman–Crippen MR) is 56.7 cm³/mol. The second-order valence-corrected chi connectivity index (χ2v) is 3.91. The van der Waals surface area contributed by atoms with Crippen LogP contribution in [0, 0.1) is 0 Å². The number of hydrogen-bond acceptors (Lipinski definition) is 1. The highest BCUT2D eigenvalue weighted by Gasteiger charge is 1.91. The molecule has 1 aromatic carbocycles. The van der Waals surface area contributed by atoms with Crippen molar-refractivity contribution in [1.82, 2.24) is 0 Å². The number of benzene rings is 1. The lowest BCUT2D eigenvalue weighted by Gasteiger charge is -1.99. The van der Waals surface area contributed by atoms with Crippen molar-refractivity contribution in [3.05, 3.63) is 42.5 Å². The number of allylic oxidation sites excluding steroid dienone is 1. The maximum atomic E-state index is 3.71. The minimum absolute atomic E-state index is 0.969. The molecule has 0 aliphatic heterocycles. The van der Waals surface area contributed by atoms with Crippen molar-refractivity contribution in [1.29, 1.82) is 0 Å². The van der Waals surface area contributed by atoms with Crippen LogP contribution in [0.5, 0.6) is 0 Å². The molecule has 0 nitrogen and oxygen atoms in total. The summed E-state index contributed by atoms with van der Waals surface area (Å²) in [5.74, 6) is 1.14. The first-order valence-corrected chi connectivity index (χ1v) is 5.18. The summed E-state index contributed by atoms with van der Waals surface area (Å²) in [6, 6.07) is 8.68. The molecule has 1 heteroatoms. The molecule has 0 bridgehead atoms. The fraction of sp³-hybridized carbons (Fsp3) is 0.273. The molecule has 0 heterocycles. The Morgan fingerprint density at radius 3 is 2.50 bits per heavy atom. The first-order chi connectivity index (χ1) is 5.86. The molecule has 0 radical (unpaired) electrons. The Hall–Kier alpha value is -0.690. The van der Waals surface area contributed by atoms with Gasteiger partial charge >= 0.3 is 0 Å². The predicted octanol–water partition coefficient (Wildman–Crippen LogP) is 3.53. The van der Waals surface area contributed by atoms with Gasteiger partial charge in [-0.3, -0.25) is 0 Å². The molecule has 0 saturated heterocycles. The summed E-state index contributed by atoms with van der Waals surface area (Å²) in [6.45, 7) is 5.88. The second-order valence-electron chi connectivity index (χ2n) is 2.57. The van der Waals surface area contributed by atoms with Gasteiger partial charge in [0, 0.05) is 4.90 Å². The van der Waals surface area contributed by atoms with Crippen LogP contribution in [0.25, 0.3) is 0 Å². The molecule has 0 spiro atoms. The standard InChI is InChI=1S/C11H14S/c1-3-5-10-6-8-11(9-7-10)12-4-2/h3,6-9H,1,4-5H2,2H3. The van der Waals surface area contributed by atoms with Crippen LogP contribution in [-0.4, -0.2) is 5.75 Å². The monoisotopic (exact) mass is 178 g/mol. The molecule has 0 amide bonds. The van der Waals surface area contributed by atoms with E-state index in [-0.39, 0.29) is 0 Å². The normalized spacial score (nSPS) is 9.75. The Bertz CT molecular complexity index is 236. The Labute approximate surface area is 78.7 Å². The highest BCUT2D eigenvalue weighted by Crippen LogP contribution is 2.17. The van der Waals surface area contributed by atoms with Crippen molar-refractivity contribution < 1.29 is 0 Å². The van der Waals surface area contributed by atoms with Crippen molar-refractivity contribution in [3.63, 3.8) is 0 Å². The fourth-order valence-electron chi connectivity index (χ4n) is 1.06. The summed E-state index contributed by atoms with van der Waals surface area (Å²) in [5.41, 5.74) is 1.34. The van der Waals surface area contributed by atoms with Gasteiger partial charge in [-0.15, -0.1) is 18.3 Å². The third-order valence-corrected chi connectivity index (χ3v) is 2.51. The maximum Gasteiger partial charge on any atom is 0.00720 e. The van der Waals surface area contributed by atoms with Crippen LogP contribution in [-0.2, 0) is 6.42 Å². The summed E-state index contributed by atoms with van der Waals surface area (Å²) in [4.78, 5) is 1.35. The summed E-state index contributed by atoms with van der Waals surface area (Å²) >= 11 is 1.88. The van der Waals surface area contributed by atoms with Gasteiger partial charge in [-0.2, -0.15) is 0 Å². The van der Waals surface area contributed by atoms with E-state index in [1.807, 2.05) is 17.8 Å². The van der Waals surface area contributed by atoms with E-state index in [1.165, 1.54) is 10.5 Å². The van der Waals surface area contributed by atoms with Gasteiger partial charge in [-0.1, -0.05) is 25.1 Å². The largest absolute Gasteiger partial charge is 0.126 e. The van der Waals surface area contributed by atoms with Crippen molar-refractivity contribution in [2.45, 2.75) is 18.2 Å². The van der Waals surface area contributed by atoms with E-state index in [9.17, 15) is 0 Å². The Morgan fingerprint density at radius 2 is 2.00 bits per heavy atom. The Kier molecular flexibility index (Phi) is 3.95. The van der Waals surface area contributed by atoms with E-state index >= 15 is 0 Å². The number of thioether (sulfide) groups is 1. The molecule has 0 atom stereocenters. The van der Waals surface area contributed by atoms with Crippen LogP contribution in [0.2, 0.25) is 0 Å². The quantitative estimate of drug-likeness (QED) is 0.502. The van der Waals surface area contributed by atoms with E-state index in [2.05, 4.69) is 37.8 Å². The van der Waals surface area contributed by atoms with Crippen molar-refractivity contribution in [2.75, 3.05) is 5.75 Å². The van der Waals surface area contributed by atoms with Crippen LogP contribution in [0.3, 0.4) is 0 Å². The zero-order chi connectivity index (χ0) is 8.81. The van der Waals surface area contributed by atoms with Crippen molar-refractivity contribution in [2.24, 2.45) is 0 Å². The Balaban J connectivity index is 2.64. The van der Waals surface area contributed by atoms with Crippen LogP contribution < -0.4 is 0 Å². The molecule has 0 N–H and O–H groups in total. The summed E-state index contributed by atoms with van der Waals surface area (Å²) < 4.78 is 0. The van der Waals surface area contributed by atoms with Crippen LogP contribution in [0.15, 0.2) is 41.8 Å². The van der Waals surface area contributed by atoms with E-state index in [4.69, 9.17) is 0 Å². The number of hydrogen-bond donors (Lipinski definition) is 0. The van der Waals surface area contributed by atoms with Crippen LogP contribution in [0.1, 0.15) is 12.5 Å². The van der Waals surface area contributed by atoms with Gasteiger partial charge in [0.05, 0.1) is 0 Å². The molecule has 1 aromatic rings. The minimum atomic E-state index is 0.969. The topological polar surface area (TPSA) is 0 Å². The highest BCUT2D eigenvalue weighted by molar-refractivity contribution is 7.99. The van der Waals surface area contributed by atoms with Gasteiger partial charge in [0.2, 0.25) is 0 Å². The molecule has 0 aliphatic rings. The third kappa shape index (κ3) is 2.74. The SMILES string of the molecule is C=CCc1ccc(SCC)cc1. The van der Waals surface area contributed by atoms with Crippen molar-refractivity contribution in [3.8, 4) is 0 Å². The molecular weight excluding hydrogens is 164 g/mol. The highest BCUT2D eigenvalue weighted by atomic mass is 32.2. The van der Waals surface area contributed by atoms with Gasteiger partial charge in [0.1, 0.15) is 0 Å². The average molecular weight is 178 g/mol. The van der Waals surface area contributed by atoms with Crippen LogP contribution >= 0.6 is 11.8 Å². The molecular formula is C11H14S. The zero-order valence-corrected chi connectivity index (χ0v) is 8.23. The van der Waals surface area contributed by atoms with Gasteiger partial charge < -0.3 is 0 Å². The van der Waals surface area contributed by atoms with Crippen molar-refractivity contribution >= 4 is 11.8 Å². The molecule has 0 aliphatic carbocycles. The van der Waals surface area contributed by atoms with E-state index in [0.29, 0.717) is 0 Å². The summed E-state index contributed by atoms with van der Waals surface area (Å²) in [5, 5.41) is 0. The summed E-state index contributed by atoms with van der Waals surface area (Å²) in [6.07, 6.45) is 2.90. The van der Waals surface area contributed by atoms with E-state index in [1.54, 1.807) is 0 Å². The van der Waals surface area contributed by atoms with Crippen LogP contribution in [0.4, 0.5) is 0 Å². The van der Waals surface area contributed by atoms with Gasteiger partial charge in [0.15, 0.2) is 0 Å². The molecule has 0 saturated carbocycles. The van der Waals surface area contributed by atoms with E-state index < -0.39 is 0 Å². The first kappa shape index (κ1) is 9.40. The van der Waals surface area contributed by atoms with Gasteiger partial charge in [-0.25, -0.2) is 0 Å². The Morgan fingerprint density at radius 1 is 1.33 bits per heavy atom. The molecule has 1 rings (SSSR count). The summed E-state index contributed by atoms with van der Waals surface area (Å²) in [7, 11) is 0. The van der Waals surface area contributed by atoms with E-state index in [0.717, 1.165) is 12.2 Å².